The number of amides is 1. The minimum Gasteiger partial charge on any atom is -0.486 e. The number of aromatic nitrogens is 2. The number of nitrogens with zero attached hydrogens (tertiary/aromatic N) is 2. The first kappa shape index (κ1) is 65.8. The number of carbonyl (C=O) groups excluding carboxylic acids is 2. The van der Waals surface area contributed by atoms with E-state index in [1.165, 1.54) is 80.6 Å². The average Bonchev–Trinajstić information content (AvgIpc) is 1.28. The zero-order chi connectivity index (χ0) is 62.5. The summed E-state index contributed by atoms with van der Waals surface area (Å²) in [5.41, 5.74) is 0.885. The third kappa shape index (κ3) is 15.9. The van der Waals surface area contributed by atoms with Crippen molar-refractivity contribution in [2.24, 2.45) is 11.5 Å². The second-order valence-electron chi connectivity index (χ2n) is 21.3. The molecule has 452 valence electrons. The lowest BCUT2D eigenvalue weighted by Gasteiger charge is -2.32. The Bertz CT molecular complexity index is 3410. The van der Waals surface area contributed by atoms with Gasteiger partial charge in [-0.15, -0.1) is 0 Å². The number of aliphatic hydroxyl groups is 2. The molecule has 2 aromatic heterocycles. The van der Waals surface area contributed by atoms with Crippen LogP contribution in [0.3, 0.4) is 0 Å². The smallest absolute Gasteiger partial charge is 0.424 e. The number of pyridine rings is 2. The van der Waals surface area contributed by atoms with Crippen molar-refractivity contribution < 1.29 is 88.5 Å². The largest absolute Gasteiger partial charge is 0.486 e. The molecule has 4 aromatic carbocycles. The number of rotatable bonds is 13. The maximum Gasteiger partial charge on any atom is 0.424 e. The summed E-state index contributed by atoms with van der Waals surface area (Å²) in [7, 11) is 0. The van der Waals surface area contributed by atoms with E-state index >= 15 is 0 Å². The lowest BCUT2D eigenvalue weighted by molar-refractivity contribution is -0.270. The van der Waals surface area contributed by atoms with E-state index in [0.29, 0.717) is 42.8 Å². The zero-order valence-electron chi connectivity index (χ0n) is 46.1. The minimum atomic E-state index is -5.19. The maximum atomic E-state index is 14.4. The summed E-state index contributed by atoms with van der Waals surface area (Å²) < 4.78 is 138. The third-order valence-corrected chi connectivity index (χ3v) is 13.4. The number of nitrogens with one attached hydrogen (secondary N) is 1. The minimum absolute atomic E-state index is 0.00115. The van der Waals surface area contributed by atoms with Crippen molar-refractivity contribution in [2.75, 3.05) is 33.0 Å². The number of carboxylic acid groups (broad SMARTS) is 1. The summed E-state index contributed by atoms with van der Waals surface area (Å²) in [6, 6.07) is 20.9. The van der Waals surface area contributed by atoms with Gasteiger partial charge in [-0.25, -0.2) is 28.3 Å². The fourth-order valence-corrected chi connectivity index (χ4v) is 8.43. The maximum absolute atomic E-state index is 14.4. The first-order valence-corrected chi connectivity index (χ1v) is 26.2. The summed E-state index contributed by atoms with van der Waals surface area (Å²) in [6.07, 6.45) is -12.8. The van der Waals surface area contributed by atoms with Gasteiger partial charge >= 0.3 is 24.4 Å². The zero-order valence-corrected chi connectivity index (χ0v) is 47.6. The number of alkyl carbamates (subject to hydrolysis) is 1. The molecule has 0 saturated heterocycles. The van der Waals surface area contributed by atoms with Crippen molar-refractivity contribution in [3.63, 3.8) is 0 Å². The monoisotopic (exact) mass is 1220 g/mol. The normalized spacial score (nSPS) is 14.7. The molecule has 0 aliphatic carbocycles. The molecular formula is C58H59Cl2F8N5O11. The SMILES string of the molecule is CC(C)(C)OC(=O)NC(C)(C)c1cc(-c2ccc(F)c(Cl)c2)nc(C(O)(CN)C(F)(F)F)c1.CC(C)(N)c1cc(-c2ccc(F)c(Cl)c2)nc(C(O)(CCC(=O)c2ccc3c(c2)OCCO3)C(F)(F)F)c1.O=C(O)c1ccc2c(c1)OCCO2. The van der Waals surface area contributed by atoms with Gasteiger partial charge < -0.3 is 55.8 Å². The van der Waals surface area contributed by atoms with Gasteiger partial charge in [-0.1, -0.05) is 23.2 Å². The number of ether oxygens (including phenoxy) is 5. The highest BCUT2D eigenvalue weighted by Crippen LogP contribution is 2.45. The van der Waals surface area contributed by atoms with Crippen molar-refractivity contribution in [3.8, 4) is 45.5 Å². The molecule has 16 nitrogen and oxygen atoms in total. The van der Waals surface area contributed by atoms with E-state index in [1.54, 1.807) is 40.7 Å². The Morgan fingerprint density at radius 3 is 1.46 bits per heavy atom. The molecule has 1 amide bonds. The molecule has 0 spiro atoms. The van der Waals surface area contributed by atoms with E-state index in [1.807, 2.05) is 0 Å². The molecule has 2 aliphatic heterocycles. The van der Waals surface area contributed by atoms with Crippen LogP contribution in [0.25, 0.3) is 22.5 Å². The van der Waals surface area contributed by atoms with Crippen molar-refractivity contribution in [1.82, 2.24) is 15.3 Å². The number of hydrogen-bond donors (Lipinski definition) is 6. The number of hydrogen-bond acceptors (Lipinski definition) is 14. The van der Waals surface area contributed by atoms with Gasteiger partial charge in [0.15, 0.2) is 28.8 Å². The second kappa shape index (κ2) is 25.5. The van der Waals surface area contributed by atoms with Crippen molar-refractivity contribution >= 4 is 41.0 Å². The Kier molecular flexibility index (Phi) is 20.0. The van der Waals surface area contributed by atoms with Crippen molar-refractivity contribution in [2.45, 2.75) is 102 Å². The number of carbonyl (C=O) groups is 3. The van der Waals surface area contributed by atoms with Gasteiger partial charge in [-0.05, 0) is 163 Å². The number of fused-ring (bicyclic) bond motifs is 2. The van der Waals surface area contributed by atoms with Crippen LogP contribution >= 0.6 is 23.2 Å². The topological polar surface area (TPSA) is 248 Å². The van der Waals surface area contributed by atoms with Crippen LogP contribution in [0.1, 0.15) is 105 Å². The number of alkyl halides is 6. The molecule has 0 radical (unpaired) electrons. The van der Waals surface area contributed by atoms with Crippen LogP contribution in [-0.4, -0.2) is 94.1 Å². The summed E-state index contributed by atoms with van der Waals surface area (Å²) in [5, 5.41) is 32.2. The van der Waals surface area contributed by atoms with Gasteiger partial charge in [0.25, 0.3) is 0 Å². The van der Waals surface area contributed by atoms with Crippen molar-refractivity contribution in [3.05, 3.63) is 152 Å². The van der Waals surface area contributed by atoms with Gasteiger partial charge in [-0.3, -0.25) is 4.79 Å². The Hall–Kier alpha value is -7.35. The number of nitrogens with two attached hydrogens (primary N) is 2. The van der Waals surface area contributed by atoms with E-state index in [-0.39, 0.29) is 61.4 Å². The molecule has 0 bridgehead atoms. The molecule has 2 atom stereocenters. The standard InChI is InChI=1S/C27H25ClF4N2O4.C22H26ClF4N3O3.C9H8O4/c1-25(2,33)17-13-20(15-3-5-19(29)18(28)11-15)34-24(14-17)26(36,27(30,31)32)8-7-21(35)16-4-6-22-23(12-16)38-10-9-37-22;1-19(2,3)33-18(31)30-20(4,5)13-9-16(12-6-7-15(24)14(23)8-12)29-17(10-13)21(32,11-28)22(25,26)27;10-9(11)6-1-2-7-8(5-6)13-4-3-12-7/h3-6,11-14,36H,7-10,33H2,1-2H3;6-10,32H,11,28H2,1-5H3,(H,30,31);1-2,5H,3-4H2,(H,10,11). The van der Waals surface area contributed by atoms with E-state index in [4.69, 9.17) is 63.5 Å². The summed E-state index contributed by atoms with van der Waals surface area (Å²) in [4.78, 5) is 43.8. The number of ketones is 1. The fourth-order valence-electron chi connectivity index (χ4n) is 8.07. The molecule has 8 rings (SSSR count). The molecule has 6 aromatic rings. The molecular weight excluding hydrogens is 1170 g/mol. The number of aromatic carboxylic acids is 1. The Morgan fingerprint density at radius 2 is 1.04 bits per heavy atom. The number of Topliss-reactive ketones (excluding diaryl/α,β-unsaturated/α-hetero) is 1. The molecule has 0 saturated carbocycles. The predicted octanol–water partition coefficient (Wildman–Crippen LogP) is 12.1. The van der Waals surface area contributed by atoms with Gasteiger partial charge in [0.1, 0.15) is 43.7 Å². The molecule has 4 heterocycles. The fraction of sp³-hybridized carbons (Fsp3) is 0.362. The van der Waals surface area contributed by atoms with Crippen LogP contribution in [0.2, 0.25) is 10.0 Å². The van der Waals surface area contributed by atoms with Gasteiger partial charge in [0.05, 0.1) is 43.9 Å². The van der Waals surface area contributed by atoms with Gasteiger partial charge in [-0.2, -0.15) is 26.3 Å². The van der Waals surface area contributed by atoms with E-state index in [9.17, 15) is 59.7 Å². The first-order valence-electron chi connectivity index (χ1n) is 25.5. The molecule has 0 fully saturated rings. The highest BCUT2D eigenvalue weighted by Gasteiger charge is 2.57. The second-order valence-corrected chi connectivity index (χ2v) is 22.2. The van der Waals surface area contributed by atoms with Crippen molar-refractivity contribution in [1.29, 1.82) is 0 Å². The summed E-state index contributed by atoms with van der Waals surface area (Å²) in [5.74, 6) is -1.17. The van der Waals surface area contributed by atoms with Crippen LogP contribution in [0.15, 0.2) is 97.1 Å². The van der Waals surface area contributed by atoms with E-state index in [0.717, 1.165) is 24.3 Å². The van der Waals surface area contributed by atoms with Gasteiger partial charge in [0.2, 0.25) is 11.2 Å². The molecule has 8 N–H and O–H groups in total. The lowest BCUT2D eigenvalue weighted by Crippen LogP contribution is -2.49. The van der Waals surface area contributed by atoms with Crippen LogP contribution in [0.5, 0.6) is 23.0 Å². The molecule has 84 heavy (non-hydrogen) atoms. The quantitative estimate of drug-likeness (QED) is 0.0465. The average molecular weight is 1230 g/mol. The van der Waals surface area contributed by atoms with Gasteiger partial charge in [0, 0.05) is 35.2 Å². The Balaban J connectivity index is 0.000000223. The summed E-state index contributed by atoms with van der Waals surface area (Å²) in [6.45, 7) is 11.6. The van der Waals surface area contributed by atoms with Crippen LogP contribution in [0, 0.1) is 11.6 Å². The molecule has 2 aliphatic rings. The Morgan fingerprint density at radius 1 is 0.607 bits per heavy atom. The van der Waals surface area contributed by atoms with Crippen LogP contribution < -0.4 is 35.7 Å². The van der Waals surface area contributed by atoms with Crippen LogP contribution in [-0.2, 0) is 27.0 Å². The number of halogens is 10. The Labute approximate surface area is 487 Å². The third-order valence-electron chi connectivity index (χ3n) is 12.8. The summed E-state index contributed by atoms with van der Waals surface area (Å²) >= 11 is 11.7. The molecule has 2 unspecified atom stereocenters. The van der Waals surface area contributed by atoms with E-state index in [2.05, 4.69) is 15.3 Å². The van der Waals surface area contributed by atoms with Crippen LogP contribution in [0.4, 0.5) is 39.9 Å². The highest BCUT2D eigenvalue weighted by atomic mass is 35.5. The number of benzene rings is 4. The molecule has 26 heteroatoms. The first-order chi connectivity index (χ1) is 38.9. The predicted molar refractivity (Wildman–Crippen MR) is 293 cm³/mol. The number of carboxylic acids is 1. The lowest BCUT2D eigenvalue weighted by atomic mass is 9.86. The van der Waals surface area contributed by atoms with E-state index < -0.39 is 100 Å². The highest BCUT2D eigenvalue weighted by molar-refractivity contribution is 6.31.